The number of amides is 1. The molecule has 0 bridgehead atoms. The van der Waals surface area contributed by atoms with Gasteiger partial charge in [-0.15, -0.1) is 0 Å². The number of rotatable bonds is 4. The zero-order valence-electron chi connectivity index (χ0n) is 17.8. The molecule has 1 saturated carbocycles. The first-order valence-electron chi connectivity index (χ1n) is 10.9. The Morgan fingerprint density at radius 2 is 2.07 bits per heavy atom. The summed E-state index contributed by atoms with van der Waals surface area (Å²) in [6, 6.07) is 6.19. The number of carbonyl (C=O) groups excluding carboxylic acids is 1. The van der Waals surface area contributed by atoms with E-state index in [4.69, 9.17) is 4.74 Å². The third-order valence-electron chi connectivity index (χ3n) is 6.75. The summed E-state index contributed by atoms with van der Waals surface area (Å²) in [6.45, 7) is 7.31. The Hall–Kier alpha value is -1.89. The lowest BCUT2D eigenvalue weighted by molar-refractivity contribution is -0.0614. The maximum Gasteiger partial charge on any atom is 0.270 e. The summed E-state index contributed by atoms with van der Waals surface area (Å²) in [5.74, 6) is -0.0256. The lowest BCUT2D eigenvalue weighted by Crippen LogP contribution is -2.58. The lowest BCUT2D eigenvalue weighted by atomic mass is 9.86. The van der Waals surface area contributed by atoms with Gasteiger partial charge in [0.05, 0.1) is 25.4 Å². The molecular weight excluding hydrogens is 366 g/mol. The maximum atomic E-state index is 13.5. The van der Waals surface area contributed by atoms with Gasteiger partial charge in [0.15, 0.2) is 0 Å². The minimum Gasteiger partial charge on any atom is -0.389 e. The van der Waals surface area contributed by atoms with Crippen LogP contribution in [-0.4, -0.2) is 77.3 Å². The molecule has 6 nitrogen and oxygen atoms in total. The molecule has 1 aromatic carbocycles. The van der Waals surface area contributed by atoms with Gasteiger partial charge in [0.25, 0.3) is 5.91 Å². The molecule has 0 spiro atoms. The van der Waals surface area contributed by atoms with Crippen molar-refractivity contribution in [1.82, 2.24) is 14.8 Å². The summed E-state index contributed by atoms with van der Waals surface area (Å²) in [6.07, 6.45) is 3.10. The van der Waals surface area contributed by atoms with E-state index in [9.17, 15) is 9.90 Å². The maximum absolute atomic E-state index is 13.5. The second-order valence-corrected chi connectivity index (χ2v) is 8.50. The van der Waals surface area contributed by atoms with Crippen LogP contribution in [0.25, 0.3) is 10.9 Å². The largest absolute Gasteiger partial charge is 0.389 e. The van der Waals surface area contributed by atoms with E-state index >= 15 is 0 Å². The fourth-order valence-electron chi connectivity index (χ4n) is 5.10. The second kappa shape index (κ2) is 8.46. The molecule has 2 fully saturated rings. The van der Waals surface area contributed by atoms with Crippen molar-refractivity contribution in [2.75, 3.05) is 33.4 Å². The minimum absolute atomic E-state index is 0.0256. The number of carbonyl (C=O) groups is 1. The van der Waals surface area contributed by atoms with Crippen LogP contribution in [0.2, 0.25) is 0 Å². The predicted molar refractivity (Wildman–Crippen MR) is 114 cm³/mol. The topological polar surface area (TPSA) is 68.8 Å². The van der Waals surface area contributed by atoms with Gasteiger partial charge < -0.3 is 19.7 Å². The van der Waals surface area contributed by atoms with Crippen LogP contribution in [0.5, 0.6) is 0 Å². The number of fused-ring (bicyclic) bond motifs is 1. The van der Waals surface area contributed by atoms with Crippen LogP contribution in [-0.2, 0) is 11.2 Å². The molecule has 158 valence electrons. The highest BCUT2D eigenvalue weighted by molar-refractivity contribution is 6.01. The van der Waals surface area contributed by atoms with Gasteiger partial charge in [0, 0.05) is 37.1 Å². The van der Waals surface area contributed by atoms with Gasteiger partial charge in [0.2, 0.25) is 0 Å². The fraction of sp³-hybridized carbons (Fsp3) is 0.609. The van der Waals surface area contributed by atoms with Gasteiger partial charge in [-0.1, -0.05) is 18.6 Å². The Balaban J connectivity index is 1.58. The van der Waals surface area contributed by atoms with Crippen molar-refractivity contribution >= 4 is 16.8 Å². The summed E-state index contributed by atoms with van der Waals surface area (Å²) >= 11 is 0. The number of ether oxygens (including phenoxy) is 1. The molecule has 2 heterocycles. The molecule has 3 atom stereocenters. The van der Waals surface area contributed by atoms with E-state index in [0.717, 1.165) is 68.5 Å². The van der Waals surface area contributed by atoms with Crippen molar-refractivity contribution < 1.29 is 14.6 Å². The van der Waals surface area contributed by atoms with Crippen molar-refractivity contribution in [3.8, 4) is 0 Å². The van der Waals surface area contributed by atoms with E-state index < -0.39 is 6.10 Å². The van der Waals surface area contributed by atoms with E-state index in [1.165, 1.54) is 5.56 Å². The summed E-state index contributed by atoms with van der Waals surface area (Å²) in [7, 11) is 1.84. The first kappa shape index (κ1) is 20.4. The number of nitrogens with one attached hydrogen (secondary N) is 1. The molecule has 6 heteroatoms. The van der Waals surface area contributed by atoms with Crippen LogP contribution >= 0.6 is 0 Å². The number of aromatic amines is 1. The number of aliphatic hydroxyl groups excluding tert-OH is 1. The van der Waals surface area contributed by atoms with Gasteiger partial charge in [0.1, 0.15) is 5.69 Å². The van der Waals surface area contributed by atoms with Gasteiger partial charge in [-0.2, -0.15) is 0 Å². The number of benzene rings is 1. The molecule has 2 aliphatic rings. The van der Waals surface area contributed by atoms with Crippen LogP contribution in [0.3, 0.4) is 0 Å². The van der Waals surface area contributed by atoms with E-state index in [1.807, 2.05) is 13.1 Å². The summed E-state index contributed by atoms with van der Waals surface area (Å²) in [5.41, 5.74) is 3.92. The van der Waals surface area contributed by atoms with Gasteiger partial charge in [-0.25, -0.2) is 0 Å². The molecule has 1 amide bonds. The molecule has 29 heavy (non-hydrogen) atoms. The molecule has 0 radical (unpaired) electrons. The average molecular weight is 400 g/mol. The van der Waals surface area contributed by atoms with Crippen LogP contribution in [0, 0.1) is 6.92 Å². The van der Waals surface area contributed by atoms with Crippen LogP contribution in [0.1, 0.15) is 47.8 Å². The van der Waals surface area contributed by atoms with E-state index in [0.29, 0.717) is 5.69 Å². The highest BCUT2D eigenvalue weighted by Crippen LogP contribution is 2.30. The number of aromatic nitrogens is 1. The standard InChI is InChI=1S/C23H33N3O3/c1-4-16-17-14-15(2)8-9-18(17)24-21(16)23(28)25(3)19-6-5-7-20(22(19)27)26-10-12-29-13-11-26/h8-9,14,19-20,22,24,27H,4-7,10-13H2,1-3H3/t19-,20-,22-/m1/s1. The number of aryl methyl sites for hydroxylation is 2. The lowest BCUT2D eigenvalue weighted by Gasteiger charge is -2.45. The number of nitrogens with zero attached hydrogens (tertiary/aromatic N) is 2. The number of morpholine rings is 1. The number of H-pyrrole nitrogens is 1. The molecule has 1 aliphatic heterocycles. The quantitative estimate of drug-likeness (QED) is 0.830. The van der Waals surface area contributed by atoms with Crippen LogP contribution in [0.15, 0.2) is 18.2 Å². The minimum atomic E-state index is -0.535. The van der Waals surface area contributed by atoms with Crippen molar-refractivity contribution in [2.24, 2.45) is 0 Å². The second-order valence-electron chi connectivity index (χ2n) is 8.50. The number of hydrogen-bond acceptors (Lipinski definition) is 4. The zero-order valence-corrected chi connectivity index (χ0v) is 17.8. The summed E-state index contributed by atoms with van der Waals surface area (Å²) in [4.78, 5) is 20.9. The monoisotopic (exact) mass is 399 g/mol. The van der Waals surface area contributed by atoms with Crippen molar-refractivity contribution in [3.63, 3.8) is 0 Å². The first-order chi connectivity index (χ1) is 14.0. The molecule has 4 rings (SSSR count). The zero-order chi connectivity index (χ0) is 20.5. The summed E-state index contributed by atoms with van der Waals surface area (Å²) in [5, 5.41) is 12.3. The Labute approximate surface area is 172 Å². The Morgan fingerprint density at radius 1 is 1.31 bits per heavy atom. The normalized spacial score (nSPS) is 26.0. The highest BCUT2D eigenvalue weighted by atomic mass is 16.5. The molecule has 2 aromatic rings. The summed E-state index contributed by atoms with van der Waals surface area (Å²) < 4.78 is 5.47. The van der Waals surface area contributed by atoms with Crippen LogP contribution in [0.4, 0.5) is 0 Å². The molecular formula is C23H33N3O3. The molecule has 2 N–H and O–H groups in total. The highest BCUT2D eigenvalue weighted by Gasteiger charge is 2.39. The van der Waals surface area contributed by atoms with Crippen molar-refractivity contribution in [1.29, 1.82) is 0 Å². The van der Waals surface area contributed by atoms with Crippen molar-refractivity contribution in [2.45, 2.75) is 57.7 Å². The van der Waals surface area contributed by atoms with E-state index in [2.05, 4.69) is 35.9 Å². The molecule has 1 saturated heterocycles. The molecule has 1 aliphatic carbocycles. The van der Waals surface area contributed by atoms with E-state index in [-0.39, 0.29) is 18.0 Å². The molecule has 0 unspecified atom stereocenters. The van der Waals surface area contributed by atoms with Gasteiger partial charge in [-0.3, -0.25) is 9.69 Å². The average Bonchev–Trinajstić information content (AvgIpc) is 3.11. The Morgan fingerprint density at radius 3 is 2.79 bits per heavy atom. The van der Waals surface area contributed by atoms with Gasteiger partial charge >= 0.3 is 0 Å². The predicted octanol–water partition coefficient (Wildman–Crippen LogP) is 2.72. The first-order valence-corrected chi connectivity index (χ1v) is 10.9. The molecule has 1 aromatic heterocycles. The third-order valence-corrected chi connectivity index (χ3v) is 6.75. The van der Waals surface area contributed by atoms with Crippen LogP contribution < -0.4 is 0 Å². The number of likely N-dealkylation sites (N-methyl/N-ethyl adjacent to an activating group) is 1. The number of hydrogen-bond donors (Lipinski definition) is 2. The van der Waals surface area contributed by atoms with E-state index in [1.54, 1.807) is 4.90 Å². The fourth-order valence-corrected chi connectivity index (χ4v) is 5.10. The van der Waals surface area contributed by atoms with Crippen molar-refractivity contribution in [3.05, 3.63) is 35.0 Å². The van der Waals surface area contributed by atoms with Gasteiger partial charge in [-0.05, 0) is 50.3 Å². The smallest absolute Gasteiger partial charge is 0.270 e. The third kappa shape index (κ3) is 3.81. The number of aliphatic hydroxyl groups is 1. The Kier molecular flexibility index (Phi) is 5.95. The Bertz CT molecular complexity index is 872. The SMILES string of the molecule is CCc1c(C(=O)N(C)[C@@H]2CCC[C@@H](N3CCOCC3)[C@@H]2O)[nH]c2ccc(C)cc12.